The van der Waals surface area contributed by atoms with Gasteiger partial charge < -0.3 is 31.5 Å². The lowest BCUT2D eigenvalue weighted by atomic mass is 10.0. The predicted octanol–water partition coefficient (Wildman–Crippen LogP) is 7.79. The van der Waals surface area contributed by atoms with Crippen molar-refractivity contribution in [2.45, 2.75) is 26.7 Å². The number of aromatic carboxylic acids is 2. The average Bonchev–Trinajstić information content (AvgIpc) is 3.25. The number of carbonyl (C=O) groups is 6. The minimum atomic E-state index is -1.28. The van der Waals surface area contributed by atoms with Gasteiger partial charge in [-0.15, -0.1) is 0 Å². The molecule has 6 rings (SSSR count). The number of carboxylic acid groups (broad SMARTS) is 2. The van der Waals surface area contributed by atoms with Crippen LogP contribution in [0.2, 0.25) is 0 Å². The van der Waals surface area contributed by atoms with Crippen molar-refractivity contribution in [3.63, 3.8) is 0 Å². The van der Waals surface area contributed by atoms with E-state index in [4.69, 9.17) is 0 Å². The second-order valence-corrected chi connectivity index (χ2v) is 13.9. The second-order valence-electron chi connectivity index (χ2n) is 13.9. The Morgan fingerprint density at radius 1 is 0.400 bits per heavy atom. The van der Waals surface area contributed by atoms with E-state index in [0.29, 0.717) is 11.4 Å². The molecule has 0 saturated heterocycles. The monoisotopic (exact) mass is 804 g/mol. The smallest absolute Gasteiger partial charge is 0.336 e. The average molecular weight is 805 g/mol. The fourth-order valence-corrected chi connectivity index (χ4v) is 6.10. The summed E-state index contributed by atoms with van der Waals surface area (Å²) in [5.41, 5.74) is 7.96. The summed E-state index contributed by atoms with van der Waals surface area (Å²) in [5.74, 6) is -4.49. The van der Waals surface area contributed by atoms with Crippen molar-refractivity contribution < 1.29 is 39.0 Å². The Balaban J connectivity index is 0.000000228. The van der Waals surface area contributed by atoms with Crippen LogP contribution in [0.25, 0.3) is 0 Å². The maximum absolute atomic E-state index is 12.7. The highest BCUT2D eigenvalue weighted by molar-refractivity contribution is 6.13. The van der Waals surface area contributed by atoms with Crippen LogP contribution in [0.1, 0.15) is 95.5 Å². The Labute approximate surface area is 347 Å². The molecule has 0 unspecified atom stereocenters. The van der Waals surface area contributed by atoms with Gasteiger partial charge in [0.2, 0.25) is 0 Å². The summed E-state index contributed by atoms with van der Waals surface area (Å²) in [6.45, 7) is 4.09. The third kappa shape index (κ3) is 11.6. The number of nitrogens with one attached hydrogen (secondary N) is 4. The minimum Gasteiger partial charge on any atom is -0.478 e. The molecule has 0 aliphatic rings. The van der Waals surface area contributed by atoms with Crippen molar-refractivity contribution in [3.05, 3.63) is 200 Å². The van der Waals surface area contributed by atoms with Gasteiger partial charge in [0.1, 0.15) is 0 Å². The van der Waals surface area contributed by atoms with Crippen molar-refractivity contribution in [3.8, 4) is 0 Å². The van der Waals surface area contributed by atoms with Gasteiger partial charge >= 0.3 is 11.9 Å². The SMILES string of the molecule is CNC(=O)c1ccc(C(=O)Nc2ccc(Cc3ccc(C)cc3)cc2)c(C(=O)O)c1.CNC(=O)c1ccc(C(=O)O)c(C(=O)Nc2ccc(Cc3ccc(C)cc3)cc2)c1. The molecule has 4 amide bonds. The lowest BCUT2D eigenvalue weighted by molar-refractivity contribution is 0.0683. The molecule has 0 atom stereocenters. The van der Waals surface area contributed by atoms with Crippen molar-refractivity contribution in [2.24, 2.45) is 0 Å². The molecule has 0 fully saturated rings. The first kappa shape index (κ1) is 43.3. The number of carboxylic acids is 2. The molecule has 60 heavy (non-hydrogen) atoms. The molecule has 0 aliphatic carbocycles. The summed E-state index contributed by atoms with van der Waals surface area (Å²) < 4.78 is 0. The van der Waals surface area contributed by atoms with E-state index in [1.165, 1.54) is 72.7 Å². The zero-order valence-electron chi connectivity index (χ0n) is 33.5. The highest BCUT2D eigenvalue weighted by Gasteiger charge is 2.21. The zero-order valence-corrected chi connectivity index (χ0v) is 33.5. The second kappa shape index (κ2) is 20.0. The summed E-state index contributed by atoms with van der Waals surface area (Å²) >= 11 is 0. The van der Waals surface area contributed by atoms with Crippen LogP contribution in [-0.2, 0) is 12.8 Å². The Kier molecular flexibility index (Phi) is 14.4. The number of carbonyl (C=O) groups excluding carboxylic acids is 4. The first-order valence-corrected chi connectivity index (χ1v) is 18.8. The van der Waals surface area contributed by atoms with E-state index in [1.54, 1.807) is 24.3 Å². The van der Waals surface area contributed by atoms with Gasteiger partial charge in [-0.05, 0) is 110 Å². The number of amides is 4. The minimum absolute atomic E-state index is 0.0149. The van der Waals surface area contributed by atoms with Gasteiger partial charge in [-0.3, -0.25) is 19.2 Å². The number of aryl methyl sites for hydroxylation is 2. The van der Waals surface area contributed by atoms with Gasteiger partial charge in [-0.25, -0.2) is 9.59 Å². The maximum atomic E-state index is 12.7. The van der Waals surface area contributed by atoms with Crippen LogP contribution in [-0.4, -0.2) is 59.9 Å². The van der Waals surface area contributed by atoms with Gasteiger partial charge in [0.15, 0.2) is 0 Å². The molecule has 0 aliphatic heterocycles. The number of hydrogen-bond acceptors (Lipinski definition) is 6. The van der Waals surface area contributed by atoms with Crippen LogP contribution in [0.3, 0.4) is 0 Å². The van der Waals surface area contributed by atoms with Crippen LogP contribution in [0, 0.1) is 13.8 Å². The Morgan fingerprint density at radius 2 is 0.733 bits per heavy atom. The molecule has 0 spiro atoms. The van der Waals surface area contributed by atoms with Crippen molar-refractivity contribution in [2.75, 3.05) is 24.7 Å². The van der Waals surface area contributed by atoms with Gasteiger partial charge in [0.25, 0.3) is 23.6 Å². The Hall–Kier alpha value is -7.86. The molecule has 0 bridgehead atoms. The molecule has 0 radical (unpaired) electrons. The molecule has 12 heteroatoms. The van der Waals surface area contributed by atoms with Crippen molar-refractivity contribution in [1.29, 1.82) is 0 Å². The van der Waals surface area contributed by atoms with E-state index < -0.39 is 35.6 Å². The summed E-state index contributed by atoms with van der Waals surface area (Å²) in [6.07, 6.45) is 1.55. The highest BCUT2D eigenvalue weighted by atomic mass is 16.4. The van der Waals surface area contributed by atoms with Crippen LogP contribution >= 0.6 is 0 Å². The molecule has 304 valence electrons. The Morgan fingerprint density at radius 3 is 1.10 bits per heavy atom. The number of anilines is 2. The third-order valence-corrected chi connectivity index (χ3v) is 9.45. The van der Waals surface area contributed by atoms with E-state index in [0.717, 1.165) is 24.0 Å². The molecule has 6 aromatic rings. The summed E-state index contributed by atoms with van der Waals surface area (Å²) in [4.78, 5) is 72.0. The van der Waals surface area contributed by atoms with E-state index >= 15 is 0 Å². The van der Waals surface area contributed by atoms with E-state index in [-0.39, 0.29) is 33.4 Å². The van der Waals surface area contributed by atoms with Crippen molar-refractivity contribution >= 4 is 46.9 Å². The standard InChI is InChI=1S/2C24H22N2O4/c1-15-3-5-16(6-4-15)13-17-7-10-19(11-8-17)26-23(28)21-14-18(22(27)25-2)9-12-20(21)24(29)30;1-15-3-5-16(6-4-15)13-17-7-10-19(11-8-17)26-23(28)20-12-9-18(22(27)25-2)14-21(20)24(29)30/h2*3-12,14H,13H2,1-2H3,(H,25,27)(H,26,28)(H,29,30). The number of rotatable bonds is 12. The van der Waals surface area contributed by atoms with Gasteiger partial charge in [0.05, 0.1) is 22.3 Å². The molecule has 0 aromatic heterocycles. The summed E-state index contributed by atoms with van der Waals surface area (Å²) in [5, 5.41) is 29.1. The van der Waals surface area contributed by atoms with Crippen LogP contribution in [0.4, 0.5) is 11.4 Å². The molecule has 6 aromatic carbocycles. The lowest BCUT2D eigenvalue weighted by Gasteiger charge is -2.10. The van der Waals surface area contributed by atoms with Gasteiger partial charge in [-0.1, -0.05) is 83.9 Å². The molecule has 6 N–H and O–H groups in total. The highest BCUT2D eigenvalue weighted by Crippen LogP contribution is 2.20. The number of benzene rings is 6. The van der Waals surface area contributed by atoms with Crippen LogP contribution in [0.5, 0.6) is 0 Å². The molecule has 0 heterocycles. The molecule has 12 nitrogen and oxygen atoms in total. The topological polar surface area (TPSA) is 191 Å². The van der Waals surface area contributed by atoms with Crippen LogP contribution in [0.15, 0.2) is 133 Å². The van der Waals surface area contributed by atoms with Gasteiger partial charge in [0, 0.05) is 36.6 Å². The van der Waals surface area contributed by atoms with E-state index in [2.05, 4.69) is 69.8 Å². The third-order valence-electron chi connectivity index (χ3n) is 9.45. The van der Waals surface area contributed by atoms with Crippen LogP contribution < -0.4 is 21.3 Å². The zero-order chi connectivity index (χ0) is 43.3. The number of hydrogen-bond donors (Lipinski definition) is 6. The van der Waals surface area contributed by atoms with E-state index in [9.17, 15) is 39.0 Å². The Bertz CT molecular complexity index is 2530. The lowest BCUT2D eigenvalue weighted by Crippen LogP contribution is -2.21. The largest absolute Gasteiger partial charge is 0.478 e. The first-order chi connectivity index (χ1) is 28.7. The fraction of sp³-hybridized carbons (Fsp3) is 0.125. The molecular weight excluding hydrogens is 761 g/mol. The normalized spacial score (nSPS) is 10.3. The summed E-state index contributed by atoms with van der Waals surface area (Å²) in [7, 11) is 2.91. The fourth-order valence-electron chi connectivity index (χ4n) is 6.10. The van der Waals surface area contributed by atoms with Crippen molar-refractivity contribution in [1.82, 2.24) is 10.6 Å². The molecule has 0 saturated carbocycles. The quantitative estimate of drug-likeness (QED) is 0.0722. The maximum Gasteiger partial charge on any atom is 0.336 e. The summed E-state index contributed by atoms with van der Waals surface area (Å²) in [6, 6.07) is 39.2. The first-order valence-electron chi connectivity index (χ1n) is 18.8. The van der Waals surface area contributed by atoms with E-state index in [1.807, 2.05) is 38.1 Å². The predicted molar refractivity (Wildman–Crippen MR) is 230 cm³/mol. The molecular formula is C48H44N4O8. The van der Waals surface area contributed by atoms with Gasteiger partial charge in [-0.2, -0.15) is 0 Å².